The van der Waals surface area contributed by atoms with E-state index in [0.29, 0.717) is 23.4 Å². The Morgan fingerprint density at radius 2 is 1.52 bits per heavy atom. The molecule has 0 unspecified atom stereocenters. The van der Waals surface area contributed by atoms with Gasteiger partial charge in [-0.1, -0.05) is 36.4 Å². The number of benzene rings is 2. The predicted molar refractivity (Wildman–Crippen MR) is 98.2 cm³/mol. The monoisotopic (exact) mass is 368 g/mol. The van der Waals surface area contributed by atoms with Crippen molar-refractivity contribution in [3.8, 4) is 0 Å². The second-order valence-corrected chi connectivity index (χ2v) is 5.85. The maximum Gasteiger partial charge on any atom is 0.271 e. The normalized spacial score (nSPS) is 10.4. The van der Waals surface area contributed by atoms with Crippen LogP contribution in [-0.2, 0) is 13.0 Å². The van der Waals surface area contributed by atoms with Crippen molar-refractivity contribution in [2.75, 3.05) is 11.9 Å². The lowest BCUT2D eigenvalue weighted by molar-refractivity contribution is 0.0948. The standard InChI is InChI=1S/C20H18F2N4O/c21-16-7-3-1-5-14(16)11-12-23-20(27)18-9-10-19(26-25-18)24-13-15-6-2-4-8-17(15)22/h1-10H,11-13H2,(H,23,27)(H,24,26). The van der Waals surface area contributed by atoms with Crippen molar-refractivity contribution in [1.82, 2.24) is 15.5 Å². The second-order valence-electron chi connectivity index (χ2n) is 5.85. The van der Waals surface area contributed by atoms with Crippen LogP contribution in [-0.4, -0.2) is 22.6 Å². The predicted octanol–water partition coefficient (Wildman–Crippen LogP) is 3.34. The third-order valence-electron chi connectivity index (χ3n) is 3.95. The van der Waals surface area contributed by atoms with Crippen LogP contribution in [0.4, 0.5) is 14.6 Å². The quantitative estimate of drug-likeness (QED) is 0.671. The maximum absolute atomic E-state index is 13.6. The number of carbonyl (C=O) groups excluding carboxylic acids is 1. The van der Waals surface area contributed by atoms with Crippen molar-refractivity contribution in [1.29, 1.82) is 0 Å². The fraction of sp³-hybridized carbons (Fsp3) is 0.150. The van der Waals surface area contributed by atoms with Gasteiger partial charge in [-0.15, -0.1) is 10.2 Å². The van der Waals surface area contributed by atoms with Gasteiger partial charge in [-0.25, -0.2) is 8.78 Å². The van der Waals surface area contributed by atoms with Gasteiger partial charge >= 0.3 is 0 Å². The van der Waals surface area contributed by atoms with E-state index in [0.717, 1.165) is 0 Å². The lowest BCUT2D eigenvalue weighted by Gasteiger charge is -2.07. The molecule has 0 atom stereocenters. The van der Waals surface area contributed by atoms with Crippen LogP contribution in [0.15, 0.2) is 60.7 Å². The molecule has 3 rings (SSSR count). The second kappa shape index (κ2) is 8.84. The highest BCUT2D eigenvalue weighted by Gasteiger charge is 2.09. The van der Waals surface area contributed by atoms with Crippen LogP contribution in [0, 0.1) is 11.6 Å². The first-order valence-electron chi connectivity index (χ1n) is 8.46. The van der Waals surface area contributed by atoms with E-state index in [4.69, 9.17) is 0 Å². The molecular weight excluding hydrogens is 350 g/mol. The molecule has 0 aliphatic rings. The van der Waals surface area contributed by atoms with Crippen molar-refractivity contribution < 1.29 is 13.6 Å². The van der Waals surface area contributed by atoms with Crippen molar-refractivity contribution in [2.24, 2.45) is 0 Å². The summed E-state index contributed by atoms with van der Waals surface area (Å²) in [6.07, 6.45) is 0.383. The summed E-state index contributed by atoms with van der Waals surface area (Å²) in [5, 5.41) is 13.4. The maximum atomic E-state index is 13.6. The number of halogens is 2. The van der Waals surface area contributed by atoms with E-state index in [9.17, 15) is 13.6 Å². The lowest BCUT2D eigenvalue weighted by Crippen LogP contribution is -2.27. The van der Waals surface area contributed by atoms with Crippen LogP contribution in [0.1, 0.15) is 21.6 Å². The highest BCUT2D eigenvalue weighted by atomic mass is 19.1. The number of nitrogens with one attached hydrogen (secondary N) is 2. The van der Waals surface area contributed by atoms with E-state index >= 15 is 0 Å². The van der Waals surface area contributed by atoms with E-state index < -0.39 is 0 Å². The van der Waals surface area contributed by atoms with Gasteiger partial charge in [0.25, 0.3) is 5.91 Å². The van der Waals surface area contributed by atoms with Gasteiger partial charge in [0.1, 0.15) is 17.5 Å². The molecule has 1 amide bonds. The first-order chi connectivity index (χ1) is 13.1. The van der Waals surface area contributed by atoms with Crippen molar-refractivity contribution in [3.05, 3.63) is 89.1 Å². The molecular formula is C20H18F2N4O. The molecule has 0 saturated carbocycles. The van der Waals surface area contributed by atoms with Crippen molar-refractivity contribution in [3.63, 3.8) is 0 Å². The fourth-order valence-corrected chi connectivity index (χ4v) is 2.48. The van der Waals surface area contributed by atoms with Crippen molar-refractivity contribution in [2.45, 2.75) is 13.0 Å². The summed E-state index contributed by atoms with van der Waals surface area (Å²) in [5.41, 5.74) is 1.20. The Balaban J connectivity index is 1.50. The molecule has 5 nitrogen and oxygen atoms in total. The van der Waals surface area contributed by atoms with Gasteiger partial charge in [0, 0.05) is 18.7 Å². The molecule has 3 aromatic rings. The third kappa shape index (κ3) is 5.07. The van der Waals surface area contributed by atoms with E-state index in [1.165, 1.54) is 18.2 Å². The minimum absolute atomic E-state index is 0.153. The van der Waals surface area contributed by atoms with E-state index in [2.05, 4.69) is 20.8 Å². The minimum atomic E-state index is -0.389. The molecule has 1 aromatic heterocycles. The zero-order chi connectivity index (χ0) is 19.1. The molecule has 138 valence electrons. The Morgan fingerprint density at radius 3 is 2.15 bits per heavy atom. The molecule has 1 heterocycles. The zero-order valence-electron chi connectivity index (χ0n) is 14.5. The van der Waals surface area contributed by atoms with Crippen LogP contribution in [0.3, 0.4) is 0 Å². The molecule has 0 saturated heterocycles. The molecule has 7 heteroatoms. The van der Waals surface area contributed by atoms with Gasteiger partial charge in [0.2, 0.25) is 0 Å². The highest BCUT2D eigenvalue weighted by molar-refractivity contribution is 5.92. The van der Waals surface area contributed by atoms with E-state index in [1.807, 2.05) is 0 Å². The van der Waals surface area contributed by atoms with Gasteiger partial charge in [-0.2, -0.15) is 0 Å². The SMILES string of the molecule is O=C(NCCc1ccccc1F)c1ccc(NCc2ccccc2F)nn1. The molecule has 0 aliphatic heterocycles. The number of rotatable bonds is 7. The van der Waals surface area contributed by atoms with Crippen LogP contribution in [0.5, 0.6) is 0 Å². The first-order valence-corrected chi connectivity index (χ1v) is 8.46. The summed E-state index contributed by atoms with van der Waals surface area (Å²) < 4.78 is 27.1. The molecule has 2 N–H and O–H groups in total. The Labute approximate surface area is 155 Å². The smallest absolute Gasteiger partial charge is 0.271 e. The van der Waals surface area contributed by atoms with Gasteiger partial charge in [0.15, 0.2) is 5.69 Å². The number of hydrogen-bond acceptors (Lipinski definition) is 4. The minimum Gasteiger partial charge on any atom is -0.364 e. The first kappa shape index (κ1) is 18.4. The summed E-state index contributed by atoms with van der Waals surface area (Å²) in [7, 11) is 0. The molecule has 2 aromatic carbocycles. The zero-order valence-corrected chi connectivity index (χ0v) is 14.5. The largest absolute Gasteiger partial charge is 0.364 e. The van der Waals surface area contributed by atoms with E-state index in [-0.39, 0.29) is 36.3 Å². The summed E-state index contributed by atoms with van der Waals surface area (Å²) in [4.78, 5) is 12.1. The van der Waals surface area contributed by atoms with Gasteiger partial charge in [-0.3, -0.25) is 4.79 Å². The Kier molecular flexibility index (Phi) is 6.04. The third-order valence-corrected chi connectivity index (χ3v) is 3.95. The van der Waals surface area contributed by atoms with E-state index in [1.54, 1.807) is 42.5 Å². The number of anilines is 1. The summed E-state index contributed by atoms with van der Waals surface area (Å²) in [5.74, 6) is -0.554. The number of hydrogen-bond donors (Lipinski definition) is 2. The van der Waals surface area contributed by atoms with Crippen molar-refractivity contribution >= 4 is 11.7 Å². The van der Waals surface area contributed by atoms with Gasteiger partial charge < -0.3 is 10.6 Å². The fourth-order valence-electron chi connectivity index (χ4n) is 2.48. The molecule has 0 aliphatic carbocycles. The molecule has 27 heavy (non-hydrogen) atoms. The number of aromatic nitrogens is 2. The average molecular weight is 368 g/mol. The Hall–Kier alpha value is -3.35. The molecule has 0 bridgehead atoms. The Morgan fingerprint density at radius 1 is 0.852 bits per heavy atom. The number of nitrogens with zero attached hydrogens (tertiary/aromatic N) is 2. The lowest BCUT2D eigenvalue weighted by atomic mass is 10.1. The summed E-state index contributed by atoms with van der Waals surface area (Å²) in [6.45, 7) is 0.546. The topological polar surface area (TPSA) is 66.9 Å². The number of carbonyl (C=O) groups is 1. The highest BCUT2D eigenvalue weighted by Crippen LogP contribution is 2.10. The summed E-state index contributed by atoms with van der Waals surface area (Å²) >= 11 is 0. The molecule has 0 fully saturated rings. The molecule has 0 spiro atoms. The average Bonchev–Trinajstić information content (AvgIpc) is 2.69. The number of amides is 1. The van der Waals surface area contributed by atoms with Crippen LogP contribution < -0.4 is 10.6 Å². The Bertz CT molecular complexity index is 916. The molecule has 0 radical (unpaired) electrons. The van der Waals surface area contributed by atoms with Crippen LogP contribution >= 0.6 is 0 Å². The summed E-state index contributed by atoms with van der Waals surface area (Å²) in [6, 6.07) is 16.0. The van der Waals surface area contributed by atoms with Gasteiger partial charge in [-0.05, 0) is 36.2 Å². The van der Waals surface area contributed by atoms with Crippen LogP contribution in [0.2, 0.25) is 0 Å². The van der Waals surface area contributed by atoms with Gasteiger partial charge in [0.05, 0.1) is 0 Å². The van der Waals surface area contributed by atoms with Crippen LogP contribution in [0.25, 0.3) is 0 Å².